The zero-order valence-corrected chi connectivity index (χ0v) is 24.0. The number of hydrogen-bond acceptors (Lipinski definition) is 8. The predicted molar refractivity (Wildman–Crippen MR) is 159 cm³/mol. The number of alkyl halides is 1. The third-order valence-electron chi connectivity index (χ3n) is 9.96. The van der Waals surface area contributed by atoms with Gasteiger partial charge in [-0.25, -0.2) is 18.2 Å². The smallest absolute Gasteiger partial charge is 0.234 e. The number of ether oxygens (including phenoxy) is 1. The van der Waals surface area contributed by atoms with E-state index in [1.54, 1.807) is 6.07 Å². The molecule has 2 aromatic carbocycles. The maximum absolute atomic E-state index is 16.7. The van der Waals surface area contributed by atoms with Gasteiger partial charge in [0.2, 0.25) is 5.88 Å². The maximum Gasteiger partial charge on any atom is 0.234 e. The number of aromatic nitrogens is 2. The first-order valence-electron chi connectivity index (χ1n) is 15.2. The van der Waals surface area contributed by atoms with Crippen molar-refractivity contribution >= 4 is 27.4 Å². The van der Waals surface area contributed by atoms with Crippen molar-refractivity contribution in [2.24, 2.45) is 0 Å². The highest BCUT2D eigenvalue weighted by molar-refractivity contribution is 6.01. The van der Waals surface area contributed by atoms with Crippen LogP contribution in [0.4, 0.5) is 18.9 Å². The molecule has 0 unspecified atom stereocenters. The molecule has 0 spiro atoms. The van der Waals surface area contributed by atoms with Gasteiger partial charge in [0.1, 0.15) is 47.2 Å². The molecule has 8 nitrogen and oxygen atoms in total. The van der Waals surface area contributed by atoms with Crippen molar-refractivity contribution in [1.29, 1.82) is 5.26 Å². The molecule has 2 bridgehead atoms. The number of halogens is 3. The topological polar surface area (TPSA) is 97.5 Å². The minimum atomic E-state index is -0.950. The summed E-state index contributed by atoms with van der Waals surface area (Å²) >= 11 is 0. The number of rotatable bonds is 5. The van der Waals surface area contributed by atoms with Crippen LogP contribution in [0.15, 0.2) is 36.5 Å². The number of aromatic hydroxyl groups is 1. The maximum atomic E-state index is 16.7. The fraction of sp³-hybridized carbons (Fsp3) is 0.424. The summed E-state index contributed by atoms with van der Waals surface area (Å²) < 4.78 is 52.6. The van der Waals surface area contributed by atoms with Crippen LogP contribution >= 0.6 is 0 Å². The first kappa shape index (κ1) is 27.4. The van der Waals surface area contributed by atoms with Crippen molar-refractivity contribution < 1.29 is 23.0 Å². The Morgan fingerprint density at radius 1 is 1.16 bits per heavy atom. The van der Waals surface area contributed by atoms with Gasteiger partial charge in [-0.1, -0.05) is 12.1 Å². The number of nitrogens with zero attached hydrogens (tertiary/aromatic N) is 5. The molecule has 0 saturated carbocycles. The summed E-state index contributed by atoms with van der Waals surface area (Å²) in [6, 6.07) is 9.89. The quantitative estimate of drug-likeness (QED) is 0.323. The fourth-order valence-corrected chi connectivity index (χ4v) is 8.06. The highest BCUT2D eigenvalue weighted by atomic mass is 19.1. The molecule has 4 fully saturated rings. The number of nitriles is 1. The minimum Gasteiger partial charge on any atom is -0.508 e. The van der Waals surface area contributed by atoms with Gasteiger partial charge in [-0.05, 0) is 55.8 Å². The van der Waals surface area contributed by atoms with Gasteiger partial charge in [0.15, 0.2) is 5.82 Å². The summed E-state index contributed by atoms with van der Waals surface area (Å²) in [6.45, 7) is 2.52. The number of fused-ring (bicyclic) bond motifs is 5. The summed E-state index contributed by atoms with van der Waals surface area (Å²) in [4.78, 5) is 13.2. The van der Waals surface area contributed by atoms with E-state index < -0.39 is 23.3 Å². The normalized spacial score (nSPS) is 26.4. The molecule has 0 aliphatic carbocycles. The summed E-state index contributed by atoms with van der Waals surface area (Å²) in [5, 5.41) is 25.4. The molecule has 44 heavy (non-hydrogen) atoms. The van der Waals surface area contributed by atoms with Gasteiger partial charge in [-0.3, -0.25) is 9.88 Å². The van der Waals surface area contributed by atoms with E-state index in [0.29, 0.717) is 42.5 Å². The van der Waals surface area contributed by atoms with Crippen LogP contribution in [0.25, 0.3) is 32.9 Å². The molecule has 4 saturated heterocycles. The number of anilines is 1. The van der Waals surface area contributed by atoms with Crippen molar-refractivity contribution in [2.45, 2.75) is 55.9 Å². The lowest BCUT2D eigenvalue weighted by atomic mass is 9.95. The standard InChI is InChI=1S/C33H31F3N6O2/c34-19-11-33(7-2-8-42(33)14-19)17-44-32-24(12-37)31(41-15-20-5-6-21(16-41)39-20)25-13-38-29(28(36)30(25)40-32)23-10-22(43)9-18-3-1-4-26(35)27(18)23/h1,3-4,9-10,13,19-21,39,43H,2,5-8,11,14-17H2/t19-,20-,21+,33+/m1/s1. The number of phenolic OH excluding ortho intramolecular Hbond substituents is 1. The molecule has 0 amide bonds. The Morgan fingerprint density at radius 3 is 2.77 bits per heavy atom. The SMILES string of the molecule is N#Cc1c(OC[C@@]23CCCN2C[C@H](F)C3)nc2c(F)c(-c3cc(O)cc4cccc(F)c34)ncc2c1N1C[C@H]2CC[C@@H](C1)N2. The van der Waals surface area contributed by atoms with Crippen LogP contribution in [0.2, 0.25) is 0 Å². The lowest BCUT2D eigenvalue weighted by molar-refractivity contribution is 0.110. The molecule has 226 valence electrons. The number of nitrogens with one attached hydrogen (secondary N) is 1. The van der Waals surface area contributed by atoms with E-state index in [4.69, 9.17) is 4.74 Å². The van der Waals surface area contributed by atoms with Crippen molar-refractivity contribution in [3.8, 4) is 29.0 Å². The number of benzene rings is 2. The molecular weight excluding hydrogens is 569 g/mol. The monoisotopic (exact) mass is 600 g/mol. The van der Waals surface area contributed by atoms with E-state index >= 15 is 8.78 Å². The Labute approximate surface area is 252 Å². The summed E-state index contributed by atoms with van der Waals surface area (Å²) in [5.41, 5.74) is 0.0665. The van der Waals surface area contributed by atoms with Crippen molar-refractivity contribution in [3.05, 3.63) is 53.7 Å². The van der Waals surface area contributed by atoms with Gasteiger partial charge < -0.3 is 20.1 Å². The summed E-state index contributed by atoms with van der Waals surface area (Å²) in [5.74, 6) is -1.55. The Kier molecular flexibility index (Phi) is 6.36. The first-order chi connectivity index (χ1) is 21.3. The van der Waals surface area contributed by atoms with Gasteiger partial charge in [0, 0.05) is 60.7 Å². The molecule has 0 radical (unpaired) electrons. The molecule has 4 aliphatic heterocycles. The Balaban J connectivity index is 1.31. The van der Waals surface area contributed by atoms with Crippen LogP contribution in [0.3, 0.4) is 0 Å². The average Bonchev–Trinajstić information content (AvgIpc) is 3.65. The zero-order chi connectivity index (χ0) is 30.2. The summed E-state index contributed by atoms with van der Waals surface area (Å²) in [6.07, 6.45) is 4.58. The second-order valence-electron chi connectivity index (χ2n) is 12.7. The Bertz CT molecular complexity index is 1850. The van der Waals surface area contributed by atoms with Gasteiger partial charge >= 0.3 is 0 Å². The number of phenols is 1. The minimum absolute atomic E-state index is 0.00703. The lowest BCUT2D eigenvalue weighted by Crippen LogP contribution is -2.51. The molecule has 6 heterocycles. The molecule has 2 aromatic heterocycles. The molecule has 4 aromatic rings. The van der Waals surface area contributed by atoms with Crippen molar-refractivity contribution in [3.63, 3.8) is 0 Å². The first-order valence-corrected chi connectivity index (χ1v) is 15.2. The van der Waals surface area contributed by atoms with E-state index in [0.717, 1.165) is 32.2 Å². The van der Waals surface area contributed by atoms with Gasteiger partial charge in [0.05, 0.1) is 11.2 Å². The molecular formula is C33H31F3N6O2. The van der Waals surface area contributed by atoms with E-state index in [9.17, 15) is 14.8 Å². The van der Waals surface area contributed by atoms with E-state index in [1.807, 2.05) is 0 Å². The van der Waals surface area contributed by atoms with Crippen LogP contribution in [0.5, 0.6) is 11.6 Å². The number of piperazine rings is 1. The van der Waals surface area contributed by atoms with Crippen LogP contribution in [0.1, 0.15) is 37.7 Å². The van der Waals surface area contributed by atoms with Crippen molar-refractivity contribution in [1.82, 2.24) is 20.2 Å². The average molecular weight is 601 g/mol. The molecule has 4 aliphatic rings. The Morgan fingerprint density at radius 2 is 1.98 bits per heavy atom. The third-order valence-corrected chi connectivity index (χ3v) is 9.96. The lowest BCUT2D eigenvalue weighted by Gasteiger charge is -2.36. The highest BCUT2D eigenvalue weighted by Crippen LogP contribution is 2.44. The number of pyridine rings is 2. The third kappa shape index (κ3) is 4.26. The van der Waals surface area contributed by atoms with E-state index in [1.165, 1.54) is 30.5 Å². The van der Waals surface area contributed by atoms with Crippen molar-refractivity contribution in [2.75, 3.05) is 37.7 Å². The largest absolute Gasteiger partial charge is 0.508 e. The molecule has 4 atom stereocenters. The van der Waals surface area contributed by atoms with Crippen LogP contribution in [-0.4, -0.2) is 76.6 Å². The van der Waals surface area contributed by atoms with E-state index in [-0.39, 0.29) is 58.0 Å². The van der Waals surface area contributed by atoms with Gasteiger partial charge in [0.25, 0.3) is 0 Å². The van der Waals surface area contributed by atoms with Crippen LogP contribution in [-0.2, 0) is 0 Å². The second kappa shape index (κ2) is 10.2. The van der Waals surface area contributed by atoms with Crippen LogP contribution in [0, 0.1) is 23.0 Å². The summed E-state index contributed by atoms with van der Waals surface area (Å²) in [7, 11) is 0. The second-order valence-corrected chi connectivity index (χ2v) is 12.7. The van der Waals surface area contributed by atoms with Gasteiger partial charge in [-0.15, -0.1) is 0 Å². The molecule has 2 N–H and O–H groups in total. The zero-order valence-electron chi connectivity index (χ0n) is 24.0. The predicted octanol–water partition coefficient (Wildman–Crippen LogP) is 5.20. The molecule has 8 rings (SSSR count). The number of hydrogen-bond donors (Lipinski definition) is 2. The van der Waals surface area contributed by atoms with Gasteiger partial charge in [-0.2, -0.15) is 5.26 Å². The molecule has 11 heteroatoms. The van der Waals surface area contributed by atoms with Crippen LogP contribution < -0.4 is 15.0 Å². The highest BCUT2D eigenvalue weighted by Gasteiger charge is 2.49. The Hall–Kier alpha value is -4.14. The fourth-order valence-electron chi connectivity index (χ4n) is 8.06. The van der Waals surface area contributed by atoms with E-state index in [2.05, 4.69) is 31.2 Å².